The fourth-order valence-corrected chi connectivity index (χ4v) is 4.18. The van der Waals surface area contributed by atoms with Crippen molar-refractivity contribution in [3.05, 3.63) is 73.7 Å². The number of thioether (sulfide) groups is 1. The van der Waals surface area contributed by atoms with Crippen molar-refractivity contribution in [1.82, 2.24) is 10.0 Å². The Morgan fingerprint density at radius 3 is 2.71 bits per heavy atom. The van der Waals surface area contributed by atoms with Crippen LogP contribution in [0.3, 0.4) is 0 Å². The number of allylic oxidation sites excluding steroid dienone is 7. The lowest BCUT2D eigenvalue weighted by Crippen LogP contribution is -2.09. The molecular weight excluding hydrogens is 336 g/mol. The van der Waals surface area contributed by atoms with E-state index >= 15 is 0 Å². The molecule has 0 radical (unpaired) electrons. The summed E-state index contributed by atoms with van der Waals surface area (Å²) < 4.78 is 0. The maximum atomic E-state index is 10.2. The summed E-state index contributed by atoms with van der Waals surface area (Å²) in [6.07, 6.45) is 13.6. The highest BCUT2D eigenvalue weighted by Crippen LogP contribution is 2.41. The molecular formula is C19H22N2OS2. The largest absolute Gasteiger partial charge is 0.283 e. The highest BCUT2D eigenvalue weighted by Gasteiger charge is 2.22. The lowest BCUT2D eigenvalue weighted by atomic mass is 10.3. The predicted octanol–water partition coefficient (Wildman–Crippen LogP) is 6.14. The first-order valence-electron chi connectivity index (χ1n) is 7.63. The summed E-state index contributed by atoms with van der Waals surface area (Å²) in [5.74, 6) is 0. The van der Waals surface area contributed by atoms with Crippen LogP contribution < -0.4 is 0 Å². The van der Waals surface area contributed by atoms with Crippen LogP contribution in [0.2, 0.25) is 0 Å². The van der Waals surface area contributed by atoms with Crippen molar-refractivity contribution >= 4 is 35.3 Å². The van der Waals surface area contributed by atoms with Crippen LogP contribution in [0.15, 0.2) is 58.2 Å². The van der Waals surface area contributed by atoms with Crippen molar-refractivity contribution in [1.29, 1.82) is 0 Å². The molecule has 0 aliphatic carbocycles. The Morgan fingerprint density at radius 1 is 1.29 bits per heavy atom. The second kappa shape index (κ2) is 8.33. The summed E-state index contributed by atoms with van der Waals surface area (Å²) in [6.45, 7) is 11.6. The van der Waals surface area contributed by atoms with Gasteiger partial charge in [-0.2, -0.15) is 0 Å². The average Bonchev–Trinajstić information content (AvgIpc) is 3.00. The lowest BCUT2D eigenvalue weighted by Gasteiger charge is -2.11. The summed E-state index contributed by atoms with van der Waals surface area (Å²) in [5, 5.41) is 13.2. The van der Waals surface area contributed by atoms with Gasteiger partial charge in [-0.05, 0) is 51.5 Å². The zero-order valence-electron chi connectivity index (χ0n) is 14.4. The van der Waals surface area contributed by atoms with Gasteiger partial charge in [0, 0.05) is 9.78 Å². The monoisotopic (exact) mass is 358 g/mol. The predicted molar refractivity (Wildman–Crippen MR) is 107 cm³/mol. The molecule has 0 atom stereocenters. The molecule has 2 rings (SSSR count). The molecule has 2 heterocycles. The SMILES string of the molecule is C=C/C=C\c1nc(/C=C(C)/C=C2\SC(/C=C\C)=C(C)N2O)sc1C. The maximum absolute atomic E-state index is 10.2. The van der Waals surface area contributed by atoms with E-state index in [0.29, 0.717) is 0 Å². The van der Waals surface area contributed by atoms with E-state index in [-0.39, 0.29) is 0 Å². The normalized spacial score (nSPS) is 18.0. The number of hydroxylamine groups is 2. The first kappa shape index (κ1) is 18.5. The average molecular weight is 359 g/mol. The molecule has 0 aromatic carbocycles. The van der Waals surface area contributed by atoms with Gasteiger partial charge in [-0.1, -0.05) is 42.6 Å². The van der Waals surface area contributed by atoms with Crippen LogP contribution in [-0.4, -0.2) is 15.3 Å². The molecule has 0 spiro atoms. The Hall–Kier alpha value is -1.82. The minimum atomic E-state index is 0.800. The summed E-state index contributed by atoms with van der Waals surface area (Å²) >= 11 is 3.21. The number of aromatic nitrogens is 1. The van der Waals surface area contributed by atoms with Crippen LogP contribution in [0, 0.1) is 6.92 Å². The zero-order chi connectivity index (χ0) is 17.7. The van der Waals surface area contributed by atoms with Crippen LogP contribution in [0.5, 0.6) is 0 Å². The standard InChI is InChI=1S/C19H22N2OS2/c1-6-8-10-16-15(5)23-18(20-16)11-13(3)12-19-21(22)14(4)17(24-19)9-7-2/h6-12,22H,1H2,2-5H3/b9-7-,10-8-,13-11+,19-12-. The van der Waals surface area contributed by atoms with Gasteiger partial charge in [-0.15, -0.1) is 11.3 Å². The molecule has 24 heavy (non-hydrogen) atoms. The summed E-state index contributed by atoms with van der Waals surface area (Å²) in [4.78, 5) is 6.84. The molecule has 1 aliphatic heterocycles. The topological polar surface area (TPSA) is 36.4 Å². The molecule has 1 aromatic heterocycles. The Bertz CT molecular complexity index is 779. The van der Waals surface area contributed by atoms with Crippen LogP contribution >= 0.6 is 23.1 Å². The Balaban J connectivity index is 2.21. The van der Waals surface area contributed by atoms with E-state index in [1.165, 1.54) is 9.94 Å². The maximum Gasteiger partial charge on any atom is 0.117 e. The van der Waals surface area contributed by atoms with Crippen molar-refractivity contribution in [3.63, 3.8) is 0 Å². The van der Waals surface area contributed by atoms with Gasteiger partial charge in [0.05, 0.1) is 11.4 Å². The van der Waals surface area contributed by atoms with E-state index in [4.69, 9.17) is 0 Å². The smallest absolute Gasteiger partial charge is 0.117 e. The Kier molecular flexibility index (Phi) is 6.43. The van der Waals surface area contributed by atoms with Gasteiger partial charge < -0.3 is 0 Å². The highest BCUT2D eigenvalue weighted by molar-refractivity contribution is 8.07. The van der Waals surface area contributed by atoms with Gasteiger partial charge in [0.2, 0.25) is 0 Å². The van der Waals surface area contributed by atoms with Crippen LogP contribution in [0.1, 0.15) is 36.3 Å². The summed E-state index contributed by atoms with van der Waals surface area (Å²) in [6, 6.07) is 0. The molecule has 3 nitrogen and oxygen atoms in total. The third-order valence-electron chi connectivity index (χ3n) is 3.36. The van der Waals surface area contributed by atoms with Crippen molar-refractivity contribution in [2.75, 3.05) is 0 Å². The molecule has 1 aliphatic rings. The molecule has 1 aromatic rings. The van der Waals surface area contributed by atoms with Gasteiger partial charge >= 0.3 is 0 Å². The molecule has 0 amide bonds. The van der Waals surface area contributed by atoms with Crippen LogP contribution in [0.25, 0.3) is 12.2 Å². The number of nitrogens with zero attached hydrogens (tertiary/aromatic N) is 2. The van der Waals surface area contributed by atoms with Crippen molar-refractivity contribution < 1.29 is 5.21 Å². The minimum absolute atomic E-state index is 0.800. The molecule has 0 bridgehead atoms. The van der Waals surface area contributed by atoms with Crippen molar-refractivity contribution in [3.8, 4) is 0 Å². The first-order chi connectivity index (χ1) is 11.5. The third kappa shape index (κ3) is 4.38. The zero-order valence-corrected chi connectivity index (χ0v) is 16.0. The van der Waals surface area contributed by atoms with Crippen molar-refractivity contribution in [2.45, 2.75) is 27.7 Å². The van der Waals surface area contributed by atoms with E-state index in [1.54, 1.807) is 29.2 Å². The minimum Gasteiger partial charge on any atom is -0.283 e. The van der Waals surface area contributed by atoms with Gasteiger partial charge in [-0.25, -0.2) is 10.0 Å². The van der Waals surface area contributed by atoms with E-state index in [9.17, 15) is 5.21 Å². The highest BCUT2D eigenvalue weighted by atomic mass is 32.2. The fraction of sp³-hybridized carbons (Fsp3) is 0.211. The lowest BCUT2D eigenvalue weighted by molar-refractivity contribution is -0.00616. The van der Waals surface area contributed by atoms with Gasteiger partial charge in [0.15, 0.2) is 0 Å². The molecule has 0 unspecified atom stereocenters. The van der Waals surface area contributed by atoms with E-state index < -0.39 is 0 Å². The molecule has 1 N–H and O–H groups in total. The van der Waals surface area contributed by atoms with E-state index in [2.05, 4.69) is 18.5 Å². The molecule has 126 valence electrons. The van der Waals surface area contributed by atoms with Gasteiger partial charge in [-0.3, -0.25) is 5.21 Å². The quantitative estimate of drug-likeness (QED) is 0.641. The second-order valence-corrected chi connectivity index (χ2v) is 7.62. The van der Waals surface area contributed by atoms with Gasteiger partial charge in [0.25, 0.3) is 0 Å². The van der Waals surface area contributed by atoms with Crippen LogP contribution in [0.4, 0.5) is 0 Å². The second-order valence-electron chi connectivity index (χ2n) is 5.32. The van der Waals surface area contributed by atoms with Crippen LogP contribution in [-0.2, 0) is 0 Å². The molecule has 5 heteroatoms. The van der Waals surface area contributed by atoms with Gasteiger partial charge in [0.1, 0.15) is 10.0 Å². The number of rotatable bonds is 5. The Morgan fingerprint density at radius 2 is 2.04 bits per heavy atom. The Labute approximate surface area is 152 Å². The first-order valence-corrected chi connectivity index (χ1v) is 9.26. The molecule has 0 saturated heterocycles. The number of thiazole rings is 1. The molecule has 0 fully saturated rings. The number of hydrogen-bond donors (Lipinski definition) is 1. The number of aryl methyl sites for hydroxylation is 1. The van der Waals surface area contributed by atoms with E-state index in [0.717, 1.165) is 31.9 Å². The fourth-order valence-electron chi connectivity index (χ4n) is 2.13. The van der Waals surface area contributed by atoms with E-state index in [1.807, 2.05) is 57.2 Å². The summed E-state index contributed by atoms with van der Waals surface area (Å²) in [5.41, 5.74) is 2.86. The van der Waals surface area contributed by atoms with Crippen molar-refractivity contribution in [2.24, 2.45) is 0 Å². The third-order valence-corrected chi connectivity index (χ3v) is 5.44. The number of hydrogen-bond acceptors (Lipinski definition) is 5. The molecule has 0 saturated carbocycles. The summed E-state index contributed by atoms with van der Waals surface area (Å²) in [7, 11) is 0.